The highest BCUT2D eigenvalue weighted by molar-refractivity contribution is 5.94. The Balaban J connectivity index is 0.000000227. The van der Waals surface area contributed by atoms with Crippen molar-refractivity contribution in [2.24, 2.45) is 0 Å². The molecule has 1 aromatic heterocycles. The summed E-state index contributed by atoms with van der Waals surface area (Å²) >= 11 is 0. The van der Waals surface area contributed by atoms with Crippen molar-refractivity contribution < 1.29 is 56.3 Å². The van der Waals surface area contributed by atoms with Crippen LogP contribution in [0.3, 0.4) is 0 Å². The van der Waals surface area contributed by atoms with Crippen LogP contribution in [-0.2, 0) is 17.8 Å². The molecule has 2 atom stereocenters. The van der Waals surface area contributed by atoms with Crippen LogP contribution in [0.4, 0.5) is 26.3 Å². The molecular weight excluding hydrogens is 656 g/mol. The number of aromatic nitrogens is 1. The number of nitrogens with zero attached hydrogens (tertiary/aromatic N) is 1. The number of halogens is 6. The molecule has 0 saturated carbocycles. The fourth-order valence-electron chi connectivity index (χ4n) is 4.03. The number of pyridine rings is 1. The molecule has 260 valence electrons. The first-order valence-corrected chi connectivity index (χ1v) is 14.5. The van der Waals surface area contributed by atoms with E-state index in [1.165, 1.54) is 43.3 Å². The van der Waals surface area contributed by atoms with Gasteiger partial charge in [-0.25, -0.2) is 4.98 Å². The van der Waals surface area contributed by atoms with Gasteiger partial charge in [0.2, 0.25) is 0 Å². The summed E-state index contributed by atoms with van der Waals surface area (Å²) in [5, 5.41) is 37.6. The van der Waals surface area contributed by atoms with Crippen LogP contribution in [0.5, 0.6) is 17.2 Å². The van der Waals surface area contributed by atoms with E-state index in [9.17, 15) is 41.4 Å². The standard InChI is InChI=1S/C19H16F3NO2.C9H9F3O2.C8H8O2/c1-18(24,19(20,21)22)14-7-10-16(11-8-14)25-12-15-9-6-13-4-2-3-5-17(13)23-15;1-8(14,9(10,11)12)6-2-4-7(13)5-3-6;1-6(9)7-2-4-8(10)5-3-7/h2-11,24H,12H2,1H3;2-5,13-14H,1H3;2-5,10H,1H3. The smallest absolute Gasteiger partial charge is 0.421 e. The Kier molecular flexibility index (Phi) is 12.0. The molecule has 4 N–H and O–H groups in total. The molecule has 0 aliphatic carbocycles. The number of para-hydroxylation sites is 1. The predicted octanol–water partition coefficient (Wildman–Crippen LogP) is 8.34. The molecule has 4 aromatic carbocycles. The minimum atomic E-state index is -4.75. The molecule has 5 rings (SSSR count). The van der Waals surface area contributed by atoms with Gasteiger partial charge in [0.1, 0.15) is 23.9 Å². The number of hydrogen-bond acceptors (Lipinski definition) is 7. The van der Waals surface area contributed by atoms with Gasteiger partial charge in [-0.05, 0) is 92.6 Å². The number of aromatic hydroxyl groups is 2. The summed E-state index contributed by atoms with van der Waals surface area (Å²) < 4.78 is 81.0. The predicted molar refractivity (Wildman–Crippen MR) is 170 cm³/mol. The van der Waals surface area contributed by atoms with E-state index in [0.717, 1.165) is 42.1 Å². The zero-order valence-corrected chi connectivity index (χ0v) is 26.4. The number of alkyl halides is 6. The maximum Gasteiger partial charge on any atom is 0.421 e. The molecule has 0 radical (unpaired) electrons. The third-order valence-corrected chi connectivity index (χ3v) is 7.27. The normalized spacial score (nSPS) is 13.9. The van der Waals surface area contributed by atoms with Crippen molar-refractivity contribution in [3.05, 3.63) is 132 Å². The first-order valence-electron chi connectivity index (χ1n) is 14.5. The maximum atomic E-state index is 12.8. The summed E-state index contributed by atoms with van der Waals surface area (Å²) in [5.74, 6) is 0.452. The summed E-state index contributed by atoms with van der Waals surface area (Å²) in [6.45, 7) is 3.08. The van der Waals surface area contributed by atoms with E-state index in [-0.39, 0.29) is 35.0 Å². The number of carbonyl (C=O) groups is 1. The number of benzene rings is 4. The van der Waals surface area contributed by atoms with E-state index in [0.29, 0.717) is 23.9 Å². The maximum absolute atomic E-state index is 12.8. The van der Waals surface area contributed by atoms with Crippen LogP contribution in [0.1, 0.15) is 48.0 Å². The van der Waals surface area contributed by atoms with Crippen molar-refractivity contribution in [3.8, 4) is 17.2 Å². The SMILES string of the molecule is CC(=O)c1ccc(O)cc1.CC(O)(c1ccc(O)cc1)C(F)(F)F.CC(O)(c1ccc(OCc2ccc3ccccc3n2)cc1)C(F)(F)F. The number of Topliss-reactive ketones (excluding diaryl/α,β-unsaturated/α-hetero) is 1. The van der Waals surface area contributed by atoms with Gasteiger partial charge in [0, 0.05) is 10.9 Å². The van der Waals surface area contributed by atoms with E-state index in [4.69, 9.17) is 14.9 Å². The molecule has 2 unspecified atom stereocenters. The largest absolute Gasteiger partial charge is 0.508 e. The van der Waals surface area contributed by atoms with Gasteiger partial charge in [-0.3, -0.25) is 4.79 Å². The summed E-state index contributed by atoms with van der Waals surface area (Å²) in [7, 11) is 0. The Morgan fingerprint density at radius 2 is 1.10 bits per heavy atom. The molecule has 13 heteroatoms. The van der Waals surface area contributed by atoms with Gasteiger partial charge in [0.05, 0.1) is 11.2 Å². The van der Waals surface area contributed by atoms with Crippen LogP contribution >= 0.6 is 0 Å². The Morgan fingerprint density at radius 1 is 0.653 bits per heavy atom. The van der Waals surface area contributed by atoms with E-state index in [2.05, 4.69) is 4.98 Å². The van der Waals surface area contributed by atoms with Crippen LogP contribution in [0.25, 0.3) is 10.9 Å². The van der Waals surface area contributed by atoms with Crippen molar-refractivity contribution in [1.29, 1.82) is 0 Å². The van der Waals surface area contributed by atoms with Crippen molar-refractivity contribution in [3.63, 3.8) is 0 Å². The Labute approximate surface area is 277 Å². The van der Waals surface area contributed by atoms with Crippen molar-refractivity contribution in [2.75, 3.05) is 0 Å². The first-order chi connectivity index (χ1) is 22.7. The van der Waals surface area contributed by atoms with Crippen LogP contribution in [-0.4, -0.2) is 43.5 Å². The minimum absolute atomic E-state index is 0.0139. The second-order valence-corrected chi connectivity index (χ2v) is 11.1. The molecule has 0 spiro atoms. The lowest BCUT2D eigenvalue weighted by atomic mass is 9.95. The molecule has 0 amide bonds. The second kappa shape index (κ2) is 15.4. The molecule has 0 fully saturated rings. The highest BCUT2D eigenvalue weighted by Crippen LogP contribution is 2.39. The topological polar surface area (TPSA) is 120 Å². The average Bonchev–Trinajstić information content (AvgIpc) is 3.04. The summed E-state index contributed by atoms with van der Waals surface area (Å²) in [4.78, 5) is 15.1. The third kappa shape index (κ3) is 10.2. The van der Waals surface area contributed by atoms with Gasteiger partial charge in [0.15, 0.2) is 17.0 Å². The van der Waals surface area contributed by atoms with Crippen molar-refractivity contribution >= 4 is 16.7 Å². The molecule has 0 aliphatic rings. The van der Waals surface area contributed by atoms with Crippen LogP contribution in [0.2, 0.25) is 0 Å². The fraction of sp³-hybridized carbons (Fsp3) is 0.222. The first kappa shape index (κ1) is 38.3. The molecule has 0 bridgehead atoms. The van der Waals surface area contributed by atoms with E-state index in [1.807, 2.05) is 36.4 Å². The molecule has 49 heavy (non-hydrogen) atoms. The van der Waals surface area contributed by atoms with Gasteiger partial charge in [0.25, 0.3) is 0 Å². The lowest BCUT2D eigenvalue weighted by Crippen LogP contribution is -2.39. The fourth-order valence-corrected chi connectivity index (χ4v) is 4.03. The van der Waals surface area contributed by atoms with Crippen molar-refractivity contribution in [2.45, 2.75) is 50.9 Å². The molecule has 0 aliphatic heterocycles. The van der Waals surface area contributed by atoms with Gasteiger partial charge in [-0.15, -0.1) is 0 Å². The van der Waals surface area contributed by atoms with Gasteiger partial charge < -0.3 is 25.2 Å². The second-order valence-electron chi connectivity index (χ2n) is 11.1. The lowest BCUT2D eigenvalue weighted by molar-refractivity contribution is -0.259. The van der Waals surface area contributed by atoms with Gasteiger partial charge in [-0.2, -0.15) is 26.3 Å². The van der Waals surface area contributed by atoms with Crippen LogP contribution in [0, 0.1) is 0 Å². The molecule has 7 nitrogen and oxygen atoms in total. The number of aliphatic hydroxyl groups is 2. The van der Waals surface area contributed by atoms with Crippen LogP contribution in [0.15, 0.2) is 109 Å². The van der Waals surface area contributed by atoms with Gasteiger partial charge in [-0.1, -0.05) is 48.5 Å². The number of rotatable bonds is 6. The van der Waals surface area contributed by atoms with E-state index in [1.54, 1.807) is 12.1 Å². The van der Waals surface area contributed by atoms with Crippen molar-refractivity contribution in [1.82, 2.24) is 4.98 Å². The van der Waals surface area contributed by atoms with E-state index >= 15 is 0 Å². The zero-order chi connectivity index (χ0) is 36.6. The quantitative estimate of drug-likeness (QED) is 0.105. The average molecular weight is 690 g/mol. The number of ether oxygens (including phenoxy) is 1. The Bertz CT molecular complexity index is 1820. The Morgan fingerprint density at radius 3 is 1.57 bits per heavy atom. The summed E-state index contributed by atoms with van der Waals surface area (Å²) in [6.07, 6.45) is -9.48. The third-order valence-electron chi connectivity index (χ3n) is 7.27. The van der Waals surface area contributed by atoms with E-state index < -0.39 is 23.6 Å². The monoisotopic (exact) mass is 689 g/mol. The summed E-state index contributed by atoms with van der Waals surface area (Å²) in [6, 6.07) is 27.1. The molecule has 1 heterocycles. The summed E-state index contributed by atoms with van der Waals surface area (Å²) in [5.41, 5.74) is -4.14. The number of ketones is 1. The number of fused-ring (bicyclic) bond motifs is 1. The van der Waals surface area contributed by atoms with Gasteiger partial charge >= 0.3 is 12.4 Å². The number of phenolic OH excluding ortho intramolecular Hbond substituents is 2. The van der Waals surface area contributed by atoms with Crippen LogP contribution < -0.4 is 4.74 Å². The Hall–Kier alpha value is -5.14. The zero-order valence-electron chi connectivity index (χ0n) is 26.4. The number of carbonyl (C=O) groups excluding carboxylic acids is 1. The molecule has 5 aromatic rings. The molecular formula is C36H33F6NO6. The number of phenols is 2. The lowest BCUT2D eigenvalue weighted by Gasteiger charge is -2.26. The minimum Gasteiger partial charge on any atom is -0.508 e. The highest BCUT2D eigenvalue weighted by atomic mass is 19.4. The molecule has 0 saturated heterocycles. The number of hydrogen-bond donors (Lipinski definition) is 4. The highest BCUT2D eigenvalue weighted by Gasteiger charge is 2.51.